The van der Waals surface area contributed by atoms with Gasteiger partial charge in [-0.3, -0.25) is 4.79 Å². The van der Waals surface area contributed by atoms with E-state index in [4.69, 9.17) is 15.4 Å². The Hall–Kier alpha value is -2.41. The number of carboxylic acids is 1. The summed E-state index contributed by atoms with van der Waals surface area (Å²) in [6.07, 6.45) is 1.13. The average Bonchev–Trinajstić information content (AvgIpc) is 2.56. The summed E-state index contributed by atoms with van der Waals surface area (Å²) in [6, 6.07) is 7.33. The van der Waals surface area contributed by atoms with Gasteiger partial charge in [-0.2, -0.15) is 5.11 Å². The van der Waals surface area contributed by atoms with Crippen molar-refractivity contribution in [2.75, 3.05) is 31.6 Å². The zero-order valence-corrected chi connectivity index (χ0v) is 13.6. The SMILES string of the molecule is CCN(CC)CCOc1ccc(N/C=C(/CC(=O)O)N=N)cc1. The van der Waals surface area contributed by atoms with E-state index in [0.29, 0.717) is 6.61 Å². The van der Waals surface area contributed by atoms with E-state index in [0.717, 1.165) is 31.1 Å². The van der Waals surface area contributed by atoms with Crippen molar-refractivity contribution in [1.29, 1.82) is 5.53 Å². The minimum Gasteiger partial charge on any atom is -0.492 e. The zero-order valence-electron chi connectivity index (χ0n) is 13.6. The van der Waals surface area contributed by atoms with Crippen LogP contribution in [0.25, 0.3) is 0 Å². The number of hydrogen-bond donors (Lipinski definition) is 3. The number of nitrogens with one attached hydrogen (secondary N) is 2. The van der Waals surface area contributed by atoms with Crippen LogP contribution in [0.2, 0.25) is 0 Å². The third-order valence-electron chi connectivity index (χ3n) is 3.31. The van der Waals surface area contributed by atoms with E-state index in [1.165, 1.54) is 6.20 Å². The fourth-order valence-corrected chi connectivity index (χ4v) is 1.92. The molecule has 0 unspecified atom stereocenters. The Morgan fingerprint density at radius 1 is 1.35 bits per heavy atom. The molecule has 0 heterocycles. The summed E-state index contributed by atoms with van der Waals surface area (Å²) < 4.78 is 5.68. The van der Waals surface area contributed by atoms with Gasteiger partial charge in [0.2, 0.25) is 0 Å². The number of nitrogens with zero attached hydrogens (tertiary/aromatic N) is 2. The first kappa shape index (κ1) is 18.6. The maximum absolute atomic E-state index is 10.6. The quantitative estimate of drug-likeness (QED) is 0.544. The van der Waals surface area contributed by atoms with Gasteiger partial charge in [0.15, 0.2) is 0 Å². The maximum Gasteiger partial charge on any atom is 0.309 e. The van der Waals surface area contributed by atoms with Crippen molar-refractivity contribution in [3.63, 3.8) is 0 Å². The van der Waals surface area contributed by atoms with Crippen molar-refractivity contribution in [2.24, 2.45) is 5.11 Å². The highest BCUT2D eigenvalue weighted by molar-refractivity contribution is 5.70. The summed E-state index contributed by atoms with van der Waals surface area (Å²) in [6.45, 7) is 7.79. The van der Waals surface area contributed by atoms with Gasteiger partial charge in [-0.25, -0.2) is 5.53 Å². The molecule has 0 atom stereocenters. The van der Waals surface area contributed by atoms with Crippen molar-refractivity contribution >= 4 is 11.7 Å². The number of ether oxygens (including phenoxy) is 1. The lowest BCUT2D eigenvalue weighted by Gasteiger charge is -2.18. The Balaban J connectivity index is 2.48. The van der Waals surface area contributed by atoms with Crippen LogP contribution >= 0.6 is 0 Å². The van der Waals surface area contributed by atoms with E-state index in [1.54, 1.807) is 0 Å². The molecule has 0 spiro atoms. The van der Waals surface area contributed by atoms with Gasteiger partial charge < -0.3 is 20.1 Å². The average molecular weight is 320 g/mol. The predicted octanol–water partition coefficient (Wildman–Crippen LogP) is 3.17. The van der Waals surface area contributed by atoms with Crippen molar-refractivity contribution < 1.29 is 14.6 Å². The number of anilines is 1. The third kappa shape index (κ3) is 7.42. The van der Waals surface area contributed by atoms with Crippen molar-refractivity contribution in [2.45, 2.75) is 20.3 Å². The van der Waals surface area contributed by atoms with E-state index in [9.17, 15) is 4.79 Å². The molecule has 0 aliphatic rings. The van der Waals surface area contributed by atoms with E-state index < -0.39 is 5.97 Å². The second-order valence-corrected chi connectivity index (χ2v) is 4.86. The first-order valence-corrected chi connectivity index (χ1v) is 7.59. The molecule has 1 rings (SSSR count). The van der Waals surface area contributed by atoms with Gasteiger partial charge in [0.05, 0.1) is 12.1 Å². The first-order chi connectivity index (χ1) is 11.1. The van der Waals surface area contributed by atoms with Gasteiger partial charge in [-0.1, -0.05) is 13.8 Å². The summed E-state index contributed by atoms with van der Waals surface area (Å²) in [5.41, 5.74) is 7.85. The van der Waals surface area contributed by atoms with E-state index in [-0.39, 0.29) is 12.1 Å². The van der Waals surface area contributed by atoms with Crippen LogP contribution < -0.4 is 10.1 Å². The van der Waals surface area contributed by atoms with Gasteiger partial charge in [-0.05, 0) is 37.4 Å². The number of carboxylic acid groups (broad SMARTS) is 1. The molecule has 23 heavy (non-hydrogen) atoms. The second-order valence-electron chi connectivity index (χ2n) is 4.86. The van der Waals surface area contributed by atoms with E-state index in [1.807, 2.05) is 24.3 Å². The lowest BCUT2D eigenvalue weighted by atomic mass is 10.3. The van der Waals surface area contributed by atoms with Crippen LogP contribution in [-0.2, 0) is 4.79 Å². The molecule has 0 aromatic heterocycles. The van der Waals surface area contributed by atoms with Crippen LogP contribution in [-0.4, -0.2) is 42.2 Å². The minimum atomic E-state index is -1.02. The van der Waals surface area contributed by atoms with Crippen LogP contribution in [0.1, 0.15) is 20.3 Å². The molecule has 1 aromatic carbocycles. The molecule has 0 fully saturated rings. The summed E-state index contributed by atoms with van der Waals surface area (Å²) in [5.74, 6) is -0.242. The van der Waals surface area contributed by atoms with Crippen LogP contribution in [0, 0.1) is 5.53 Å². The fraction of sp³-hybridized carbons (Fsp3) is 0.438. The number of hydrogen-bond acceptors (Lipinski definition) is 6. The van der Waals surface area contributed by atoms with Gasteiger partial charge in [0.1, 0.15) is 12.4 Å². The van der Waals surface area contributed by atoms with Gasteiger partial charge in [-0.15, -0.1) is 0 Å². The molecular weight excluding hydrogens is 296 g/mol. The van der Waals surface area contributed by atoms with Crippen molar-refractivity contribution in [3.05, 3.63) is 36.2 Å². The number of carbonyl (C=O) groups is 1. The number of likely N-dealkylation sites (N-methyl/N-ethyl adjacent to an activating group) is 1. The zero-order chi connectivity index (χ0) is 17.1. The summed E-state index contributed by atoms with van der Waals surface area (Å²) in [4.78, 5) is 12.9. The molecule has 1 aromatic rings. The van der Waals surface area contributed by atoms with Crippen LogP contribution in [0.3, 0.4) is 0 Å². The third-order valence-corrected chi connectivity index (χ3v) is 3.31. The van der Waals surface area contributed by atoms with E-state index in [2.05, 4.69) is 29.2 Å². The molecule has 0 saturated heterocycles. The molecule has 3 N–H and O–H groups in total. The van der Waals surface area contributed by atoms with Gasteiger partial charge in [0, 0.05) is 18.4 Å². The summed E-state index contributed by atoms with van der Waals surface area (Å²) in [7, 11) is 0. The topological polar surface area (TPSA) is 98.0 Å². The van der Waals surface area contributed by atoms with E-state index >= 15 is 0 Å². The number of aliphatic carboxylic acids is 1. The number of rotatable bonds is 11. The highest BCUT2D eigenvalue weighted by Gasteiger charge is 2.03. The summed E-state index contributed by atoms with van der Waals surface area (Å²) >= 11 is 0. The van der Waals surface area contributed by atoms with Gasteiger partial charge >= 0.3 is 5.97 Å². The Kier molecular flexibility index (Phi) is 8.38. The molecule has 0 amide bonds. The Morgan fingerprint density at radius 2 is 2.00 bits per heavy atom. The Labute approximate surface area is 136 Å². The molecule has 0 saturated carbocycles. The van der Waals surface area contributed by atoms with Crippen LogP contribution in [0.15, 0.2) is 41.3 Å². The number of benzene rings is 1. The fourth-order valence-electron chi connectivity index (χ4n) is 1.92. The molecule has 7 nitrogen and oxygen atoms in total. The molecule has 0 aliphatic carbocycles. The van der Waals surface area contributed by atoms with Crippen LogP contribution in [0.4, 0.5) is 5.69 Å². The smallest absolute Gasteiger partial charge is 0.309 e. The molecule has 0 bridgehead atoms. The molecule has 0 radical (unpaired) electrons. The molecule has 0 aliphatic heterocycles. The first-order valence-electron chi connectivity index (χ1n) is 7.59. The Bertz CT molecular complexity index is 525. The van der Waals surface area contributed by atoms with Gasteiger partial charge in [0.25, 0.3) is 0 Å². The van der Waals surface area contributed by atoms with Crippen LogP contribution in [0.5, 0.6) is 5.75 Å². The highest BCUT2D eigenvalue weighted by atomic mass is 16.5. The normalized spacial score (nSPS) is 11.3. The monoisotopic (exact) mass is 320 g/mol. The lowest BCUT2D eigenvalue weighted by molar-refractivity contribution is -0.136. The predicted molar refractivity (Wildman–Crippen MR) is 88.8 cm³/mol. The lowest BCUT2D eigenvalue weighted by Crippen LogP contribution is -2.27. The van der Waals surface area contributed by atoms with Crippen molar-refractivity contribution in [1.82, 2.24) is 4.90 Å². The molecule has 126 valence electrons. The molecular formula is C16H24N4O3. The van der Waals surface area contributed by atoms with Crippen molar-refractivity contribution in [3.8, 4) is 5.75 Å². The largest absolute Gasteiger partial charge is 0.492 e. The standard InChI is InChI=1S/C16H24N4O3/c1-3-20(4-2)9-10-23-15-7-5-13(6-8-15)18-12-14(19-17)11-16(21)22/h5-8,12,17-18H,3-4,9-11H2,1-2H3,(H,21,22)/b14-12-,19-17?. The summed E-state index contributed by atoms with van der Waals surface area (Å²) in [5, 5.41) is 14.8. The second kappa shape index (κ2) is 10.3. The Morgan fingerprint density at radius 3 is 2.52 bits per heavy atom. The maximum atomic E-state index is 10.6. The highest BCUT2D eigenvalue weighted by Crippen LogP contribution is 2.16. The molecule has 7 heteroatoms. The minimum absolute atomic E-state index is 0.150.